The third kappa shape index (κ3) is 7.02. The lowest BCUT2D eigenvalue weighted by molar-refractivity contribution is -0.199. The molecule has 3 aliphatic carbocycles. The van der Waals surface area contributed by atoms with Crippen LogP contribution in [0.1, 0.15) is 93.9 Å². The zero-order chi connectivity index (χ0) is 30.0. The van der Waals surface area contributed by atoms with Gasteiger partial charge in [0.1, 0.15) is 12.1 Å². The smallest absolute Gasteiger partial charge is 0.404 e. The van der Waals surface area contributed by atoms with Gasteiger partial charge in [-0.3, -0.25) is 14.4 Å². The number of rotatable bonds is 14. The fraction of sp³-hybridized carbons (Fsp3) is 0.897. The summed E-state index contributed by atoms with van der Waals surface area (Å²) in [5.74, 6) is -0.746. The Bertz CT molecular complexity index is 915. The van der Waals surface area contributed by atoms with Gasteiger partial charge in [-0.1, -0.05) is 41.5 Å². The van der Waals surface area contributed by atoms with Gasteiger partial charge in [0.05, 0.1) is 23.8 Å². The monoisotopic (exact) mass is 564 g/mol. The summed E-state index contributed by atoms with van der Waals surface area (Å²) in [4.78, 5) is 39.1. The molecular weight excluding hydrogens is 511 g/mol. The first kappa shape index (κ1) is 32.8. The molecule has 0 radical (unpaired) electrons. The van der Waals surface area contributed by atoms with E-state index in [1.165, 1.54) is 6.92 Å². The molecule has 0 aromatic heterocycles. The summed E-state index contributed by atoms with van der Waals surface area (Å²) < 4.78 is 13.2. The first-order valence-corrected chi connectivity index (χ1v) is 15.2. The average molecular weight is 565 g/mol. The van der Waals surface area contributed by atoms with Gasteiger partial charge in [-0.05, 0) is 82.1 Å². The molecule has 4 aliphatic rings. The van der Waals surface area contributed by atoms with Crippen molar-refractivity contribution in [3.63, 3.8) is 0 Å². The SMILES string of the molecule is CC(C)C[C@H](NC(=O)[C@H](CCCCN)NC(=O)[C@@H](NC(=O)C(C)C)[C@@H](C)O)B1O[C@@H]2C[C@@H]3C[C@@H](C3(C)C)[C@]2(C)O1. The minimum Gasteiger partial charge on any atom is -0.404 e. The highest BCUT2D eigenvalue weighted by Crippen LogP contribution is 2.65. The predicted octanol–water partition coefficient (Wildman–Crippen LogP) is 1.92. The molecule has 2 bridgehead atoms. The standard InChI is InChI=1S/C29H53BN4O6/c1-16(2)13-23(30-39-22-15-19-14-21(28(19,6)7)29(22,8)40-30)33-26(37)20(11-9-10-12-31)32-27(38)24(18(5)35)34-25(36)17(3)4/h16-24,35H,9-15,31H2,1-8H3,(H,32,38)(H,33,37)(H,34,36)/t18-,19+,20+,21+,22-,23+,24+,29+/m1/s1. The molecule has 1 heterocycles. The Morgan fingerprint density at radius 1 is 0.975 bits per heavy atom. The summed E-state index contributed by atoms with van der Waals surface area (Å²) >= 11 is 0. The van der Waals surface area contributed by atoms with Crippen molar-refractivity contribution in [2.24, 2.45) is 34.8 Å². The van der Waals surface area contributed by atoms with E-state index in [4.69, 9.17) is 15.0 Å². The first-order valence-electron chi connectivity index (χ1n) is 15.2. The van der Waals surface area contributed by atoms with Crippen LogP contribution in [0.15, 0.2) is 0 Å². The number of carbonyl (C=O) groups excluding carboxylic acids is 3. The highest BCUT2D eigenvalue weighted by molar-refractivity contribution is 6.48. The Morgan fingerprint density at radius 3 is 2.20 bits per heavy atom. The van der Waals surface area contributed by atoms with E-state index in [1.807, 2.05) is 0 Å². The van der Waals surface area contributed by atoms with Crippen molar-refractivity contribution >= 4 is 24.8 Å². The molecule has 0 spiro atoms. The zero-order valence-electron chi connectivity index (χ0n) is 25.8. The molecule has 10 nitrogen and oxygen atoms in total. The summed E-state index contributed by atoms with van der Waals surface area (Å²) in [7, 11) is -0.576. The molecule has 8 atom stereocenters. The van der Waals surface area contributed by atoms with E-state index >= 15 is 0 Å². The number of nitrogens with one attached hydrogen (secondary N) is 3. The highest BCUT2D eigenvalue weighted by atomic mass is 16.7. The topological polar surface area (TPSA) is 152 Å². The average Bonchev–Trinajstić information content (AvgIpc) is 3.22. The number of hydrogen-bond donors (Lipinski definition) is 5. The number of hydrogen-bond acceptors (Lipinski definition) is 7. The number of unbranched alkanes of at least 4 members (excludes halogenated alkanes) is 1. The van der Waals surface area contributed by atoms with Crippen molar-refractivity contribution in [2.75, 3.05) is 6.54 Å². The summed E-state index contributed by atoms with van der Waals surface area (Å²) in [5.41, 5.74) is 5.50. The second kappa shape index (κ2) is 13.1. The van der Waals surface area contributed by atoms with Gasteiger partial charge in [0.25, 0.3) is 0 Å². The minimum absolute atomic E-state index is 0.00254. The van der Waals surface area contributed by atoms with Crippen molar-refractivity contribution in [3.8, 4) is 0 Å². The van der Waals surface area contributed by atoms with Crippen molar-refractivity contribution in [1.82, 2.24) is 16.0 Å². The van der Waals surface area contributed by atoms with E-state index in [0.29, 0.717) is 44.1 Å². The van der Waals surface area contributed by atoms with E-state index in [1.54, 1.807) is 13.8 Å². The quantitative estimate of drug-likeness (QED) is 0.160. The van der Waals surface area contributed by atoms with Gasteiger partial charge in [0.15, 0.2) is 0 Å². The molecule has 3 saturated carbocycles. The molecule has 1 saturated heterocycles. The molecule has 11 heteroatoms. The second-order valence-electron chi connectivity index (χ2n) is 13.8. The molecule has 6 N–H and O–H groups in total. The molecular formula is C29H53BN4O6. The molecule has 228 valence electrons. The summed E-state index contributed by atoms with van der Waals surface area (Å²) in [6.07, 6.45) is 3.33. The van der Waals surface area contributed by atoms with E-state index in [9.17, 15) is 19.5 Å². The van der Waals surface area contributed by atoms with Gasteiger partial charge in [0, 0.05) is 5.92 Å². The maximum Gasteiger partial charge on any atom is 0.481 e. The second-order valence-corrected chi connectivity index (χ2v) is 13.8. The van der Waals surface area contributed by atoms with Crippen LogP contribution >= 0.6 is 0 Å². The van der Waals surface area contributed by atoms with Crippen LogP contribution in [0.3, 0.4) is 0 Å². The van der Waals surface area contributed by atoms with Crippen molar-refractivity contribution in [2.45, 2.75) is 130 Å². The lowest BCUT2D eigenvalue weighted by Gasteiger charge is -2.64. The summed E-state index contributed by atoms with van der Waals surface area (Å²) in [5, 5.41) is 18.7. The molecule has 4 fully saturated rings. The maximum atomic E-state index is 13.7. The number of aliphatic hydroxyl groups excluding tert-OH is 1. The van der Waals surface area contributed by atoms with Gasteiger partial charge in [-0.2, -0.15) is 0 Å². The van der Waals surface area contributed by atoms with Crippen LogP contribution in [0.2, 0.25) is 0 Å². The molecule has 4 rings (SSSR count). The van der Waals surface area contributed by atoms with Crippen LogP contribution in [0, 0.1) is 29.1 Å². The van der Waals surface area contributed by atoms with Gasteiger partial charge < -0.3 is 36.1 Å². The number of nitrogens with two attached hydrogens (primary N) is 1. The predicted molar refractivity (Wildman–Crippen MR) is 155 cm³/mol. The fourth-order valence-corrected chi connectivity index (χ4v) is 6.85. The zero-order valence-corrected chi connectivity index (χ0v) is 25.8. The van der Waals surface area contributed by atoms with Crippen LogP contribution in [0.5, 0.6) is 0 Å². The van der Waals surface area contributed by atoms with Gasteiger partial charge in [-0.25, -0.2) is 0 Å². The third-order valence-corrected chi connectivity index (χ3v) is 9.52. The minimum atomic E-state index is -1.18. The van der Waals surface area contributed by atoms with Gasteiger partial charge in [-0.15, -0.1) is 0 Å². The van der Waals surface area contributed by atoms with Crippen LogP contribution in [-0.4, -0.2) is 72.3 Å². The Hall–Kier alpha value is -1.69. The number of aliphatic hydroxyl groups is 1. The van der Waals surface area contributed by atoms with Crippen LogP contribution in [-0.2, 0) is 23.7 Å². The molecule has 3 amide bonds. The molecule has 0 aromatic carbocycles. The normalized spacial score (nSPS) is 29.7. The van der Waals surface area contributed by atoms with Crippen molar-refractivity contribution < 1.29 is 28.8 Å². The lowest BCUT2D eigenvalue weighted by atomic mass is 9.43. The van der Waals surface area contributed by atoms with E-state index in [-0.39, 0.29) is 35.2 Å². The number of amides is 3. The largest absolute Gasteiger partial charge is 0.481 e. The van der Waals surface area contributed by atoms with Crippen LogP contribution < -0.4 is 21.7 Å². The van der Waals surface area contributed by atoms with E-state index in [2.05, 4.69) is 50.6 Å². The Balaban J connectivity index is 1.74. The van der Waals surface area contributed by atoms with Gasteiger partial charge in [0.2, 0.25) is 17.7 Å². The first-order chi connectivity index (χ1) is 18.6. The Kier molecular flexibility index (Phi) is 10.7. The summed E-state index contributed by atoms with van der Waals surface area (Å²) in [6, 6.07) is -2.04. The maximum absolute atomic E-state index is 13.7. The number of carbonyl (C=O) groups is 3. The van der Waals surface area contributed by atoms with Crippen molar-refractivity contribution in [1.29, 1.82) is 0 Å². The van der Waals surface area contributed by atoms with Gasteiger partial charge >= 0.3 is 7.12 Å². The summed E-state index contributed by atoms with van der Waals surface area (Å²) in [6.45, 7) is 16.3. The van der Waals surface area contributed by atoms with Crippen LogP contribution in [0.25, 0.3) is 0 Å². The molecule has 1 aliphatic heterocycles. The van der Waals surface area contributed by atoms with Crippen molar-refractivity contribution in [3.05, 3.63) is 0 Å². The van der Waals surface area contributed by atoms with Crippen LogP contribution in [0.4, 0.5) is 0 Å². The highest BCUT2D eigenvalue weighted by Gasteiger charge is 2.68. The Morgan fingerprint density at radius 2 is 1.65 bits per heavy atom. The molecule has 40 heavy (non-hydrogen) atoms. The Labute approximate surface area is 240 Å². The fourth-order valence-electron chi connectivity index (χ4n) is 6.85. The molecule has 0 unspecified atom stereocenters. The van der Waals surface area contributed by atoms with E-state index in [0.717, 1.165) is 12.8 Å². The van der Waals surface area contributed by atoms with E-state index < -0.39 is 42.8 Å². The third-order valence-electron chi connectivity index (χ3n) is 9.52. The molecule has 0 aromatic rings. The lowest BCUT2D eigenvalue weighted by Crippen LogP contribution is -2.65.